The van der Waals surface area contributed by atoms with Gasteiger partial charge in [0.2, 0.25) is 0 Å². The summed E-state index contributed by atoms with van der Waals surface area (Å²) < 4.78 is 14.8. The molecule has 0 unspecified atom stereocenters. The van der Waals surface area contributed by atoms with Crippen molar-refractivity contribution in [3.63, 3.8) is 0 Å². The molecule has 34 heavy (non-hydrogen) atoms. The zero-order chi connectivity index (χ0) is 24.7. The number of primary amides is 1. The molecule has 0 atom stereocenters. The van der Waals surface area contributed by atoms with Crippen LogP contribution in [0.1, 0.15) is 46.2 Å². The molecule has 3 aromatic heterocycles. The van der Waals surface area contributed by atoms with Gasteiger partial charge in [-0.1, -0.05) is 31.0 Å². The molecule has 0 fully saturated rings. The van der Waals surface area contributed by atoms with Gasteiger partial charge in [0.1, 0.15) is 17.2 Å². The summed E-state index contributed by atoms with van der Waals surface area (Å²) in [6.45, 7) is 2.55. The third-order valence-electron chi connectivity index (χ3n) is 4.87. The average Bonchev–Trinajstić information content (AvgIpc) is 3.48. The number of nitrogens with two attached hydrogens (primary N) is 1. The first-order valence-electron chi connectivity index (χ1n) is 10.5. The van der Waals surface area contributed by atoms with Crippen molar-refractivity contribution < 1.29 is 19.1 Å². The van der Waals surface area contributed by atoms with Gasteiger partial charge in [0.25, 0.3) is 11.8 Å². The number of imidazole rings is 1. The number of hydrogen-bond donors (Lipinski definition) is 3. The molecule has 4 aromatic rings. The molecule has 0 aliphatic carbocycles. The Morgan fingerprint density at radius 2 is 2.09 bits per heavy atom. The molecule has 2 amide bonds. The number of fused-ring (bicyclic) bond motifs is 1. The minimum Gasteiger partial charge on any atom is -0.396 e. The summed E-state index contributed by atoms with van der Waals surface area (Å²) in [7, 11) is 0. The second kappa shape index (κ2) is 11.7. The molecule has 0 spiro atoms. The lowest BCUT2D eigenvalue weighted by molar-refractivity contribution is 0.0949. The van der Waals surface area contributed by atoms with Crippen molar-refractivity contribution in [3.8, 4) is 11.3 Å². The van der Waals surface area contributed by atoms with Crippen molar-refractivity contribution in [3.05, 3.63) is 81.0 Å². The number of aliphatic hydroxyl groups is 1. The van der Waals surface area contributed by atoms with E-state index in [-0.39, 0.29) is 22.8 Å². The fourth-order valence-electron chi connectivity index (χ4n) is 3.17. The number of halogens is 2. The van der Waals surface area contributed by atoms with Crippen LogP contribution in [0, 0.1) is 5.82 Å². The first-order valence-corrected chi connectivity index (χ1v) is 11.9. The number of unbranched alkanes of at least 4 members (excludes halogenated alkanes) is 1. The highest BCUT2D eigenvalue weighted by atomic mass is 35.5. The minimum absolute atomic E-state index is 0.0152. The quantitative estimate of drug-likeness (QED) is 0.341. The Bertz CT molecular complexity index is 1290. The lowest BCUT2D eigenvalue weighted by Crippen LogP contribution is -2.23. The Hall–Kier alpha value is -3.27. The van der Waals surface area contributed by atoms with Gasteiger partial charge in [0, 0.05) is 30.3 Å². The second-order valence-corrected chi connectivity index (χ2v) is 8.50. The Labute approximate surface area is 205 Å². The Morgan fingerprint density at radius 3 is 2.68 bits per heavy atom. The summed E-state index contributed by atoms with van der Waals surface area (Å²) in [5, 5.41) is 14.5. The van der Waals surface area contributed by atoms with E-state index in [1.807, 2.05) is 16.8 Å². The molecule has 0 aliphatic heterocycles. The van der Waals surface area contributed by atoms with Crippen LogP contribution in [-0.2, 0) is 6.54 Å². The second-order valence-electron chi connectivity index (χ2n) is 7.31. The molecule has 0 radical (unpaired) electrons. The van der Waals surface area contributed by atoms with E-state index in [0.29, 0.717) is 23.5 Å². The number of benzene rings is 1. The Kier molecular flexibility index (Phi) is 8.75. The van der Waals surface area contributed by atoms with Gasteiger partial charge in [-0.15, -0.1) is 0 Å². The van der Waals surface area contributed by atoms with Gasteiger partial charge in [0.15, 0.2) is 5.65 Å². The van der Waals surface area contributed by atoms with Crippen molar-refractivity contribution in [2.75, 3.05) is 6.61 Å². The molecule has 0 saturated heterocycles. The number of pyridine rings is 1. The molecular weight excluding hydrogens is 479 g/mol. The average molecular weight is 503 g/mol. The molecule has 10 heteroatoms. The zero-order valence-corrected chi connectivity index (χ0v) is 20.0. The van der Waals surface area contributed by atoms with E-state index in [4.69, 9.17) is 22.4 Å². The number of aliphatic hydroxyl groups excluding tert-OH is 1. The van der Waals surface area contributed by atoms with Crippen molar-refractivity contribution in [1.82, 2.24) is 14.7 Å². The van der Waals surface area contributed by atoms with E-state index in [1.165, 1.54) is 33.9 Å². The lowest BCUT2D eigenvalue weighted by Gasteiger charge is -2.07. The number of amides is 2. The summed E-state index contributed by atoms with van der Waals surface area (Å²) in [6, 6.07) is 9.31. The van der Waals surface area contributed by atoms with Crippen LogP contribution in [0.3, 0.4) is 0 Å². The lowest BCUT2D eigenvalue weighted by atomic mass is 10.2. The molecule has 0 aliphatic rings. The molecule has 4 N–H and O–H groups in total. The summed E-state index contributed by atoms with van der Waals surface area (Å²) in [6.07, 6.45) is 3.67. The standard InChI is InChI=1S/C20H14ClFN4O2S.C4H10O/c21-14-8-11(3-4-15(14)22)9-24-20(28)13-2-1-6-26-17(18(23)27)16(25-19(13)26)12-5-7-29-10-12;1-2-3-4-5/h1-8,10H,9H2,(H2,23,27)(H,24,28);5H,2-4H2,1H3. The van der Waals surface area contributed by atoms with Crippen LogP contribution < -0.4 is 11.1 Å². The zero-order valence-electron chi connectivity index (χ0n) is 18.4. The van der Waals surface area contributed by atoms with Gasteiger partial charge in [-0.2, -0.15) is 11.3 Å². The highest BCUT2D eigenvalue weighted by Crippen LogP contribution is 2.27. The normalized spacial score (nSPS) is 10.6. The number of hydrogen-bond acceptors (Lipinski definition) is 5. The Balaban J connectivity index is 0.000000588. The van der Waals surface area contributed by atoms with Crippen LogP contribution in [0.2, 0.25) is 5.02 Å². The molecular formula is C24H24ClFN4O3S. The topological polar surface area (TPSA) is 110 Å². The van der Waals surface area contributed by atoms with Crippen LogP contribution >= 0.6 is 22.9 Å². The summed E-state index contributed by atoms with van der Waals surface area (Å²) >= 11 is 7.24. The molecule has 0 saturated carbocycles. The molecule has 4 rings (SSSR count). The van der Waals surface area contributed by atoms with Gasteiger partial charge >= 0.3 is 0 Å². The van der Waals surface area contributed by atoms with Crippen molar-refractivity contribution >= 4 is 40.4 Å². The molecule has 7 nitrogen and oxygen atoms in total. The van der Waals surface area contributed by atoms with Crippen molar-refractivity contribution in [1.29, 1.82) is 0 Å². The maximum atomic E-state index is 13.3. The maximum absolute atomic E-state index is 13.3. The predicted octanol–water partition coefficient (Wildman–Crippen LogP) is 4.66. The van der Waals surface area contributed by atoms with Gasteiger partial charge in [-0.3, -0.25) is 14.0 Å². The summed E-state index contributed by atoms with van der Waals surface area (Å²) in [5.74, 6) is -1.56. The summed E-state index contributed by atoms with van der Waals surface area (Å²) in [5.41, 5.74) is 8.20. The van der Waals surface area contributed by atoms with E-state index >= 15 is 0 Å². The van der Waals surface area contributed by atoms with Crippen molar-refractivity contribution in [2.45, 2.75) is 26.3 Å². The van der Waals surface area contributed by atoms with Crippen LogP contribution in [-0.4, -0.2) is 32.9 Å². The van der Waals surface area contributed by atoms with Crippen LogP contribution in [0.4, 0.5) is 4.39 Å². The molecule has 1 aromatic carbocycles. The first kappa shape index (κ1) is 25.4. The van der Waals surface area contributed by atoms with E-state index in [0.717, 1.165) is 18.4 Å². The summed E-state index contributed by atoms with van der Waals surface area (Å²) in [4.78, 5) is 29.4. The van der Waals surface area contributed by atoms with Gasteiger partial charge < -0.3 is 16.2 Å². The number of carbonyl (C=O) groups excluding carboxylic acids is 2. The van der Waals surface area contributed by atoms with Crippen molar-refractivity contribution in [2.24, 2.45) is 5.73 Å². The van der Waals surface area contributed by atoms with Gasteiger partial charge in [0.05, 0.1) is 10.6 Å². The first-order chi connectivity index (χ1) is 16.4. The fourth-order valence-corrected chi connectivity index (χ4v) is 4.01. The van der Waals surface area contributed by atoms with Crippen LogP contribution in [0.25, 0.3) is 16.9 Å². The third kappa shape index (κ3) is 5.80. The SMILES string of the molecule is CCCCO.NC(=O)c1c(-c2ccsc2)nc2c(C(=O)NCc3ccc(F)c(Cl)c3)cccn12. The minimum atomic E-state index is -0.641. The van der Waals surface area contributed by atoms with Crippen LogP contribution in [0.15, 0.2) is 53.4 Å². The maximum Gasteiger partial charge on any atom is 0.268 e. The number of nitrogens with zero attached hydrogens (tertiary/aromatic N) is 2. The van der Waals surface area contributed by atoms with E-state index in [2.05, 4.69) is 17.2 Å². The fraction of sp³-hybridized carbons (Fsp3) is 0.208. The number of thiophene rings is 1. The van der Waals surface area contributed by atoms with Gasteiger partial charge in [-0.05, 0) is 47.7 Å². The monoisotopic (exact) mass is 502 g/mol. The van der Waals surface area contributed by atoms with E-state index in [9.17, 15) is 14.0 Å². The number of carbonyl (C=O) groups is 2. The molecule has 178 valence electrons. The third-order valence-corrected chi connectivity index (χ3v) is 5.84. The number of rotatable bonds is 7. The van der Waals surface area contributed by atoms with Gasteiger partial charge in [-0.25, -0.2) is 9.37 Å². The smallest absolute Gasteiger partial charge is 0.268 e. The molecule has 3 heterocycles. The number of nitrogens with one attached hydrogen (secondary N) is 1. The number of aromatic nitrogens is 2. The largest absolute Gasteiger partial charge is 0.396 e. The highest BCUT2D eigenvalue weighted by Gasteiger charge is 2.22. The molecule has 0 bridgehead atoms. The van der Waals surface area contributed by atoms with Crippen LogP contribution in [0.5, 0.6) is 0 Å². The van der Waals surface area contributed by atoms with E-state index in [1.54, 1.807) is 18.3 Å². The highest BCUT2D eigenvalue weighted by molar-refractivity contribution is 7.08. The predicted molar refractivity (Wildman–Crippen MR) is 132 cm³/mol. The van der Waals surface area contributed by atoms with E-state index < -0.39 is 17.6 Å². The Morgan fingerprint density at radius 1 is 1.29 bits per heavy atom.